The molecule has 2 atom stereocenters. The van der Waals surface area contributed by atoms with Crippen LogP contribution in [0.1, 0.15) is 18.6 Å². The van der Waals surface area contributed by atoms with Crippen molar-refractivity contribution >= 4 is 5.91 Å². The summed E-state index contributed by atoms with van der Waals surface area (Å²) in [5, 5.41) is 2.86. The summed E-state index contributed by atoms with van der Waals surface area (Å²) in [4.78, 5) is 11.0. The first-order chi connectivity index (χ1) is 6.77. The van der Waals surface area contributed by atoms with E-state index in [2.05, 4.69) is 5.32 Å². The smallest absolute Gasteiger partial charge is 0.246 e. The highest BCUT2D eigenvalue weighted by Gasteiger charge is 2.26. The fraction of sp³-hybridized carbons (Fsp3) is 0.364. The molecule has 1 fully saturated rings. The average Bonchev–Trinajstić information content (AvgIpc) is 2.19. The molecule has 1 amide bonds. The van der Waals surface area contributed by atoms with Crippen LogP contribution in [0.3, 0.4) is 0 Å². The third-order valence-corrected chi connectivity index (χ3v) is 2.36. The van der Waals surface area contributed by atoms with Gasteiger partial charge in [-0.25, -0.2) is 0 Å². The van der Waals surface area contributed by atoms with Crippen LogP contribution in [0.4, 0.5) is 0 Å². The number of carbonyl (C=O) groups is 1. The SMILES string of the molecule is C[C@H]1NC(=O)CO[C@@H]1c1ccccc1. The van der Waals surface area contributed by atoms with Crippen molar-refractivity contribution < 1.29 is 9.53 Å². The van der Waals surface area contributed by atoms with Gasteiger partial charge >= 0.3 is 0 Å². The molecule has 14 heavy (non-hydrogen) atoms. The summed E-state index contributed by atoms with van der Waals surface area (Å²) in [5.74, 6) is -0.0373. The molecule has 1 saturated heterocycles. The van der Waals surface area contributed by atoms with E-state index in [1.807, 2.05) is 37.3 Å². The number of morpholine rings is 1. The molecule has 3 heteroatoms. The second-order valence-electron chi connectivity index (χ2n) is 3.50. The predicted octanol–water partition coefficient (Wildman–Crippen LogP) is 1.26. The van der Waals surface area contributed by atoms with Crippen LogP contribution in [0.15, 0.2) is 30.3 Å². The summed E-state index contributed by atoms with van der Waals surface area (Å²) >= 11 is 0. The highest BCUT2D eigenvalue weighted by Crippen LogP contribution is 2.23. The van der Waals surface area contributed by atoms with Crippen LogP contribution in [-0.4, -0.2) is 18.6 Å². The molecule has 0 aliphatic carbocycles. The van der Waals surface area contributed by atoms with Crippen molar-refractivity contribution in [2.45, 2.75) is 19.1 Å². The van der Waals surface area contributed by atoms with E-state index in [1.165, 1.54) is 0 Å². The molecule has 0 saturated carbocycles. The summed E-state index contributed by atoms with van der Waals surface area (Å²) in [6.45, 7) is 2.11. The lowest BCUT2D eigenvalue weighted by Crippen LogP contribution is -2.45. The van der Waals surface area contributed by atoms with Crippen molar-refractivity contribution in [1.29, 1.82) is 0 Å². The molecule has 0 radical (unpaired) electrons. The molecule has 0 bridgehead atoms. The number of hydrogen-bond donors (Lipinski definition) is 1. The molecule has 1 aromatic carbocycles. The van der Waals surface area contributed by atoms with Crippen LogP contribution in [0, 0.1) is 0 Å². The standard InChI is InChI=1S/C11H13NO2/c1-8-11(14-7-10(13)12-8)9-5-3-2-4-6-9/h2-6,8,11H,7H2,1H3,(H,12,13)/t8-,11+/m1/s1. The first-order valence-corrected chi connectivity index (χ1v) is 4.73. The van der Waals surface area contributed by atoms with Gasteiger partial charge in [-0.05, 0) is 12.5 Å². The molecule has 1 heterocycles. The van der Waals surface area contributed by atoms with E-state index in [1.54, 1.807) is 0 Å². The Hall–Kier alpha value is -1.35. The number of benzene rings is 1. The largest absolute Gasteiger partial charge is 0.362 e. The molecule has 1 aliphatic heterocycles. The lowest BCUT2D eigenvalue weighted by molar-refractivity contribution is -0.136. The van der Waals surface area contributed by atoms with Crippen LogP contribution < -0.4 is 5.32 Å². The van der Waals surface area contributed by atoms with E-state index in [4.69, 9.17) is 4.74 Å². The summed E-state index contributed by atoms with van der Waals surface area (Å²) in [7, 11) is 0. The Kier molecular flexibility index (Phi) is 2.50. The monoisotopic (exact) mass is 191 g/mol. The van der Waals surface area contributed by atoms with Gasteiger partial charge in [0, 0.05) is 0 Å². The second-order valence-corrected chi connectivity index (χ2v) is 3.50. The molecule has 0 unspecified atom stereocenters. The van der Waals surface area contributed by atoms with Gasteiger partial charge in [-0.15, -0.1) is 0 Å². The minimum absolute atomic E-state index is 0.0195. The Morgan fingerprint density at radius 2 is 2.07 bits per heavy atom. The topological polar surface area (TPSA) is 38.3 Å². The zero-order valence-corrected chi connectivity index (χ0v) is 8.07. The molecule has 1 aromatic rings. The number of ether oxygens (including phenoxy) is 1. The summed E-state index contributed by atoms with van der Waals surface area (Å²) in [6.07, 6.45) is -0.0195. The van der Waals surface area contributed by atoms with Crippen LogP contribution in [-0.2, 0) is 9.53 Å². The average molecular weight is 191 g/mol. The quantitative estimate of drug-likeness (QED) is 0.725. The molecule has 0 spiro atoms. The molecule has 3 nitrogen and oxygen atoms in total. The van der Waals surface area contributed by atoms with Crippen LogP contribution in [0.25, 0.3) is 0 Å². The molecule has 1 N–H and O–H groups in total. The van der Waals surface area contributed by atoms with Gasteiger partial charge in [0.2, 0.25) is 5.91 Å². The van der Waals surface area contributed by atoms with Gasteiger partial charge in [-0.3, -0.25) is 4.79 Å². The van der Waals surface area contributed by atoms with E-state index in [0.29, 0.717) is 0 Å². The maximum absolute atomic E-state index is 11.0. The Labute approximate surface area is 83.1 Å². The van der Waals surface area contributed by atoms with Crippen molar-refractivity contribution in [3.8, 4) is 0 Å². The molecule has 2 rings (SSSR count). The van der Waals surface area contributed by atoms with Gasteiger partial charge in [0.15, 0.2) is 0 Å². The van der Waals surface area contributed by atoms with Gasteiger partial charge in [-0.1, -0.05) is 30.3 Å². The van der Waals surface area contributed by atoms with E-state index in [-0.39, 0.29) is 24.7 Å². The van der Waals surface area contributed by atoms with E-state index in [0.717, 1.165) is 5.56 Å². The number of rotatable bonds is 1. The van der Waals surface area contributed by atoms with Gasteiger partial charge in [0.25, 0.3) is 0 Å². The predicted molar refractivity (Wildman–Crippen MR) is 52.7 cm³/mol. The normalized spacial score (nSPS) is 27.1. The van der Waals surface area contributed by atoms with Crippen molar-refractivity contribution in [3.63, 3.8) is 0 Å². The Balaban J connectivity index is 2.16. The van der Waals surface area contributed by atoms with Crippen LogP contribution in [0.2, 0.25) is 0 Å². The third kappa shape index (κ3) is 1.77. The van der Waals surface area contributed by atoms with Crippen molar-refractivity contribution in [2.24, 2.45) is 0 Å². The summed E-state index contributed by atoms with van der Waals surface area (Å²) in [6, 6.07) is 9.98. The first-order valence-electron chi connectivity index (χ1n) is 4.73. The fourth-order valence-corrected chi connectivity index (χ4v) is 1.71. The number of carbonyl (C=O) groups excluding carboxylic acids is 1. The second kappa shape index (κ2) is 3.80. The molecular formula is C11H13NO2. The lowest BCUT2D eigenvalue weighted by atomic mass is 10.0. The third-order valence-electron chi connectivity index (χ3n) is 2.36. The maximum Gasteiger partial charge on any atom is 0.246 e. The highest BCUT2D eigenvalue weighted by molar-refractivity contribution is 5.78. The van der Waals surface area contributed by atoms with Gasteiger partial charge in [0.05, 0.1) is 6.04 Å². The van der Waals surface area contributed by atoms with Gasteiger partial charge in [-0.2, -0.15) is 0 Å². The van der Waals surface area contributed by atoms with Gasteiger partial charge < -0.3 is 10.1 Å². The Morgan fingerprint density at radius 1 is 1.36 bits per heavy atom. The lowest BCUT2D eigenvalue weighted by Gasteiger charge is -2.30. The minimum Gasteiger partial charge on any atom is -0.362 e. The number of amides is 1. The van der Waals surface area contributed by atoms with Crippen molar-refractivity contribution in [3.05, 3.63) is 35.9 Å². The Morgan fingerprint density at radius 3 is 2.71 bits per heavy atom. The van der Waals surface area contributed by atoms with Crippen molar-refractivity contribution in [1.82, 2.24) is 5.32 Å². The summed E-state index contributed by atoms with van der Waals surface area (Å²) in [5.41, 5.74) is 1.11. The van der Waals surface area contributed by atoms with E-state index >= 15 is 0 Å². The molecule has 1 aliphatic rings. The minimum atomic E-state index is -0.0373. The fourth-order valence-electron chi connectivity index (χ4n) is 1.71. The first kappa shape index (κ1) is 9.21. The highest BCUT2D eigenvalue weighted by atomic mass is 16.5. The number of nitrogens with one attached hydrogen (secondary N) is 1. The maximum atomic E-state index is 11.0. The van der Waals surface area contributed by atoms with Gasteiger partial charge in [0.1, 0.15) is 12.7 Å². The van der Waals surface area contributed by atoms with Crippen LogP contribution in [0.5, 0.6) is 0 Å². The van der Waals surface area contributed by atoms with E-state index < -0.39 is 0 Å². The van der Waals surface area contributed by atoms with E-state index in [9.17, 15) is 4.79 Å². The van der Waals surface area contributed by atoms with Crippen molar-refractivity contribution in [2.75, 3.05) is 6.61 Å². The zero-order chi connectivity index (χ0) is 9.97. The zero-order valence-electron chi connectivity index (χ0n) is 8.07. The molecule has 0 aromatic heterocycles. The Bertz CT molecular complexity index is 323. The number of hydrogen-bond acceptors (Lipinski definition) is 2. The summed E-state index contributed by atoms with van der Waals surface area (Å²) < 4.78 is 5.48. The van der Waals surface area contributed by atoms with Crippen LogP contribution >= 0.6 is 0 Å². The molecule has 74 valence electrons. The molecular weight excluding hydrogens is 178 g/mol.